The van der Waals surface area contributed by atoms with Crippen molar-refractivity contribution < 1.29 is 0 Å². The van der Waals surface area contributed by atoms with Crippen LogP contribution in [0.2, 0.25) is 0 Å². The molecule has 0 amide bonds. The highest BCUT2D eigenvalue weighted by molar-refractivity contribution is 5.33. The van der Waals surface area contributed by atoms with E-state index in [0.29, 0.717) is 5.41 Å². The van der Waals surface area contributed by atoms with Gasteiger partial charge in [0.05, 0.1) is 0 Å². The summed E-state index contributed by atoms with van der Waals surface area (Å²) >= 11 is 0. The number of rotatable bonds is 0. The second kappa shape index (κ2) is 1.71. The van der Waals surface area contributed by atoms with Crippen molar-refractivity contribution in [2.24, 2.45) is 17.1 Å². The molecule has 2 bridgehead atoms. The molecule has 0 aliphatic heterocycles. The Morgan fingerprint density at radius 2 is 2.18 bits per heavy atom. The molecule has 0 aromatic carbocycles. The van der Waals surface area contributed by atoms with Gasteiger partial charge in [-0.3, -0.25) is 0 Å². The normalized spacial score (nSPS) is 46.8. The summed E-state index contributed by atoms with van der Waals surface area (Å²) in [5, 5.41) is 0. The van der Waals surface area contributed by atoms with Gasteiger partial charge in [-0.2, -0.15) is 0 Å². The van der Waals surface area contributed by atoms with Crippen LogP contribution in [0.3, 0.4) is 0 Å². The first kappa shape index (κ1) is 7.35. The number of fused-ring (bicyclic) bond motifs is 2. The van der Waals surface area contributed by atoms with Crippen molar-refractivity contribution in [3.8, 4) is 0 Å². The highest BCUT2D eigenvalue weighted by Gasteiger charge is 2.55. The van der Waals surface area contributed by atoms with Gasteiger partial charge in [0.1, 0.15) is 0 Å². The molecule has 0 radical (unpaired) electrons. The summed E-state index contributed by atoms with van der Waals surface area (Å²) in [5.74, 6) is 0.806. The molecular weight excluding hydrogens is 134 g/mol. The Kier molecular flexibility index (Phi) is 1.15. The van der Waals surface area contributed by atoms with Crippen LogP contribution in [-0.4, -0.2) is 5.54 Å². The lowest BCUT2D eigenvalue weighted by molar-refractivity contribution is 0.285. The van der Waals surface area contributed by atoms with Gasteiger partial charge in [0.2, 0.25) is 0 Å². The third-order valence-corrected chi connectivity index (χ3v) is 3.95. The zero-order valence-corrected chi connectivity index (χ0v) is 7.48. The van der Waals surface area contributed by atoms with E-state index in [2.05, 4.69) is 20.4 Å². The molecule has 2 fully saturated rings. The van der Waals surface area contributed by atoms with Crippen LogP contribution in [0, 0.1) is 11.3 Å². The van der Waals surface area contributed by atoms with Crippen molar-refractivity contribution >= 4 is 0 Å². The minimum Gasteiger partial charge on any atom is -0.322 e. The lowest BCUT2D eigenvalue weighted by Crippen LogP contribution is -2.40. The Bertz CT molecular complexity index is 210. The molecule has 0 unspecified atom stereocenters. The zero-order valence-electron chi connectivity index (χ0n) is 7.48. The highest BCUT2D eigenvalue weighted by atomic mass is 14.8. The summed E-state index contributed by atoms with van der Waals surface area (Å²) in [7, 11) is 0. The van der Waals surface area contributed by atoms with Gasteiger partial charge < -0.3 is 5.73 Å². The van der Waals surface area contributed by atoms with E-state index >= 15 is 0 Å². The number of hydrogen-bond acceptors (Lipinski definition) is 1. The maximum atomic E-state index is 6.22. The van der Waals surface area contributed by atoms with Crippen molar-refractivity contribution in [3.63, 3.8) is 0 Å². The molecule has 2 N–H and O–H groups in total. The molecule has 1 nitrogen and oxygen atoms in total. The lowest BCUT2D eigenvalue weighted by Gasteiger charge is -2.35. The molecule has 62 valence electrons. The average molecular weight is 151 g/mol. The molecule has 0 saturated heterocycles. The van der Waals surface area contributed by atoms with Gasteiger partial charge in [0.25, 0.3) is 0 Å². The summed E-state index contributed by atoms with van der Waals surface area (Å²) < 4.78 is 0. The van der Waals surface area contributed by atoms with Crippen LogP contribution in [0.15, 0.2) is 12.2 Å². The summed E-state index contributed by atoms with van der Waals surface area (Å²) in [4.78, 5) is 0. The standard InChI is InChI=1S/C10H17N/c1-7-9(2,3)8-4-5-10(7,11)6-8/h8H,1,4-6,11H2,2-3H3/t8-,10-/m0/s1. The van der Waals surface area contributed by atoms with E-state index in [-0.39, 0.29) is 5.54 Å². The third kappa shape index (κ3) is 0.698. The molecule has 0 aromatic heterocycles. The fourth-order valence-electron chi connectivity index (χ4n) is 2.85. The Balaban J connectivity index is 2.42. The fourth-order valence-corrected chi connectivity index (χ4v) is 2.85. The minimum atomic E-state index is 0.00810. The van der Waals surface area contributed by atoms with Gasteiger partial charge in [0, 0.05) is 5.54 Å². The largest absolute Gasteiger partial charge is 0.322 e. The third-order valence-electron chi connectivity index (χ3n) is 3.95. The van der Waals surface area contributed by atoms with Gasteiger partial charge in [-0.1, -0.05) is 26.0 Å². The topological polar surface area (TPSA) is 26.0 Å². The number of hydrogen-bond donors (Lipinski definition) is 1. The lowest BCUT2D eigenvalue weighted by atomic mass is 9.72. The highest BCUT2D eigenvalue weighted by Crippen LogP contribution is 2.59. The SMILES string of the molecule is C=C1C(C)(C)[C@H]2CC[C@]1(N)C2. The zero-order chi connectivity index (χ0) is 8.28. The molecule has 2 rings (SSSR count). The first-order chi connectivity index (χ1) is 4.97. The van der Waals surface area contributed by atoms with Crippen LogP contribution in [0.1, 0.15) is 33.1 Å². The van der Waals surface area contributed by atoms with E-state index in [1.54, 1.807) is 0 Å². The quantitative estimate of drug-likeness (QED) is 0.527. The first-order valence-corrected chi connectivity index (χ1v) is 4.45. The second-order valence-corrected chi connectivity index (χ2v) is 4.80. The smallest absolute Gasteiger partial charge is 0.0374 e. The van der Waals surface area contributed by atoms with Crippen LogP contribution >= 0.6 is 0 Å². The Labute approximate surface area is 68.7 Å². The van der Waals surface area contributed by atoms with Crippen LogP contribution in [-0.2, 0) is 0 Å². The molecule has 2 atom stereocenters. The maximum Gasteiger partial charge on any atom is 0.0374 e. The van der Waals surface area contributed by atoms with E-state index in [9.17, 15) is 0 Å². The summed E-state index contributed by atoms with van der Waals surface area (Å²) in [6, 6.07) is 0. The molecule has 1 heteroatoms. The summed E-state index contributed by atoms with van der Waals surface area (Å²) in [6.45, 7) is 8.71. The summed E-state index contributed by atoms with van der Waals surface area (Å²) in [5.41, 5.74) is 7.83. The van der Waals surface area contributed by atoms with E-state index in [1.807, 2.05) is 0 Å². The van der Waals surface area contributed by atoms with Crippen molar-refractivity contribution in [2.75, 3.05) is 0 Å². The van der Waals surface area contributed by atoms with Gasteiger partial charge in [-0.25, -0.2) is 0 Å². The Morgan fingerprint density at radius 1 is 1.55 bits per heavy atom. The van der Waals surface area contributed by atoms with Crippen molar-refractivity contribution in [2.45, 2.75) is 38.6 Å². The molecule has 2 aliphatic rings. The summed E-state index contributed by atoms with van der Waals surface area (Å²) in [6.07, 6.45) is 3.65. The minimum absolute atomic E-state index is 0.00810. The van der Waals surface area contributed by atoms with Crippen molar-refractivity contribution in [1.29, 1.82) is 0 Å². The predicted octanol–water partition coefficient (Wildman–Crippen LogP) is 2.08. The van der Waals surface area contributed by atoms with Crippen molar-refractivity contribution in [1.82, 2.24) is 0 Å². The first-order valence-electron chi connectivity index (χ1n) is 4.45. The molecule has 2 aliphatic carbocycles. The second-order valence-electron chi connectivity index (χ2n) is 4.80. The van der Waals surface area contributed by atoms with Gasteiger partial charge in [-0.05, 0) is 30.6 Å². The average Bonchev–Trinajstić information content (AvgIpc) is 2.36. The van der Waals surface area contributed by atoms with Crippen LogP contribution in [0.4, 0.5) is 0 Å². The molecule has 11 heavy (non-hydrogen) atoms. The molecule has 0 aromatic rings. The molecular formula is C10H17N. The van der Waals surface area contributed by atoms with Gasteiger partial charge >= 0.3 is 0 Å². The fraction of sp³-hybridized carbons (Fsp3) is 0.800. The molecule has 0 heterocycles. The Morgan fingerprint density at radius 3 is 2.45 bits per heavy atom. The van der Waals surface area contributed by atoms with E-state index in [4.69, 9.17) is 5.73 Å². The molecule has 2 saturated carbocycles. The van der Waals surface area contributed by atoms with Crippen LogP contribution < -0.4 is 5.73 Å². The van der Waals surface area contributed by atoms with Crippen molar-refractivity contribution in [3.05, 3.63) is 12.2 Å². The van der Waals surface area contributed by atoms with Gasteiger partial charge in [-0.15, -0.1) is 0 Å². The van der Waals surface area contributed by atoms with E-state index in [1.165, 1.54) is 24.8 Å². The van der Waals surface area contributed by atoms with Gasteiger partial charge in [0.15, 0.2) is 0 Å². The maximum absolute atomic E-state index is 6.22. The van der Waals surface area contributed by atoms with E-state index in [0.717, 1.165) is 5.92 Å². The van der Waals surface area contributed by atoms with E-state index < -0.39 is 0 Å². The Hall–Kier alpha value is -0.300. The number of nitrogens with two attached hydrogens (primary N) is 1. The predicted molar refractivity (Wildman–Crippen MR) is 47.2 cm³/mol. The monoisotopic (exact) mass is 151 g/mol. The van der Waals surface area contributed by atoms with Crippen LogP contribution in [0.5, 0.6) is 0 Å². The van der Waals surface area contributed by atoms with Crippen LogP contribution in [0.25, 0.3) is 0 Å². The molecule has 0 spiro atoms.